The van der Waals surface area contributed by atoms with E-state index >= 15 is 0 Å². The van der Waals surface area contributed by atoms with Crippen LogP contribution in [0.5, 0.6) is 0 Å². The first-order valence-corrected chi connectivity index (χ1v) is 4.91. The minimum atomic E-state index is -0.910. The van der Waals surface area contributed by atoms with E-state index in [1.54, 1.807) is 6.92 Å². The predicted octanol–water partition coefficient (Wildman–Crippen LogP) is -0.774. The molecule has 1 fully saturated rings. The molecule has 0 aliphatic heterocycles. The van der Waals surface area contributed by atoms with E-state index in [1.807, 2.05) is 0 Å². The molecule has 16 heavy (non-hydrogen) atoms. The smallest absolute Gasteiger partial charge is 0.377 e. The lowest BCUT2D eigenvalue weighted by molar-refractivity contribution is -0.136. The fourth-order valence-electron chi connectivity index (χ4n) is 1.16. The molecule has 1 aliphatic carbocycles. The third-order valence-electron chi connectivity index (χ3n) is 2.44. The normalized spacial score (nSPS) is 17.8. The molecule has 0 radical (unpaired) electrons. The summed E-state index contributed by atoms with van der Waals surface area (Å²) in [5.74, 6) is -2.01. The number of amidine groups is 1. The van der Waals surface area contributed by atoms with Crippen LogP contribution in [0.2, 0.25) is 0 Å². The van der Waals surface area contributed by atoms with Crippen LogP contribution in [0.4, 0.5) is 0 Å². The summed E-state index contributed by atoms with van der Waals surface area (Å²) in [6.07, 6.45) is 1.10. The van der Waals surface area contributed by atoms with Crippen LogP contribution in [-0.2, 0) is 14.3 Å². The highest BCUT2D eigenvalue weighted by Crippen LogP contribution is 2.45. The van der Waals surface area contributed by atoms with Crippen molar-refractivity contribution >= 4 is 17.7 Å². The summed E-state index contributed by atoms with van der Waals surface area (Å²) in [5, 5.41) is 22.3. The molecule has 7 nitrogen and oxygen atoms in total. The molecule has 0 bridgehead atoms. The highest BCUT2D eigenvalue weighted by Gasteiger charge is 2.50. The number of carbonyl (C=O) groups is 2. The van der Waals surface area contributed by atoms with Gasteiger partial charge in [-0.15, -0.1) is 0 Å². The molecule has 1 saturated carbocycles. The van der Waals surface area contributed by atoms with E-state index < -0.39 is 23.1 Å². The van der Waals surface area contributed by atoms with E-state index in [2.05, 4.69) is 15.2 Å². The topological polar surface area (TPSA) is 108 Å². The van der Waals surface area contributed by atoms with Crippen molar-refractivity contribution in [2.75, 3.05) is 13.2 Å². The Labute approximate surface area is 92.1 Å². The maximum atomic E-state index is 11.6. The van der Waals surface area contributed by atoms with Crippen molar-refractivity contribution in [1.29, 1.82) is 0 Å². The number of esters is 1. The minimum absolute atomic E-state index is 0.110. The van der Waals surface area contributed by atoms with E-state index in [-0.39, 0.29) is 13.2 Å². The molecular weight excluding hydrogens is 216 g/mol. The van der Waals surface area contributed by atoms with Gasteiger partial charge < -0.3 is 20.4 Å². The van der Waals surface area contributed by atoms with Crippen molar-refractivity contribution in [1.82, 2.24) is 5.32 Å². The summed E-state index contributed by atoms with van der Waals surface area (Å²) in [7, 11) is 0. The monoisotopic (exact) mass is 230 g/mol. The Morgan fingerprint density at radius 1 is 1.50 bits per heavy atom. The predicted molar refractivity (Wildman–Crippen MR) is 52.8 cm³/mol. The number of aliphatic hydroxyl groups excluding tert-OH is 1. The molecule has 7 heteroatoms. The van der Waals surface area contributed by atoms with Crippen LogP contribution in [-0.4, -0.2) is 41.2 Å². The zero-order valence-electron chi connectivity index (χ0n) is 8.89. The van der Waals surface area contributed by atoms with Gasteiger partial charge in [-0.1, -0.05) is 5.16 Å². The van der Waals surface area contributed by atoms with Crippen LogP contribution in [0.3, 0.4) is 0 Å². The Morgan fingerprint density at radius 2 is 2.12 bits per heavy atom. The van der Waals surface area contributed by atoms with Crippen molar-refractivity contribution < 1.29 is 24.6 Å². The van der Waals surface area contributed by atoms with Gasteiger partial charge in [-0.25, -0.2) is 4.79 Å². The molecule has 1 rings (SSSR count). The average Bonchev–Trinajstić information content (AvgIpc) is 3.06. The molecule has 0 unspecified atom stereocenters. The number of nitrogens with one attached hydrogen (secondary N) is 1. The number of aliphatic hydroxyl groups is 1. The van der Waals surface area contributed by atoms with Crippen LogP contribution >= 0.6 is 0 Å². The minimum Gasteiger partial charge on any atom is -0.460 e. The highest BCUT2D eigenvalue weighted by atomic mass is 16.5. The summed E-state index contributed by atoms with van der Waals surface area (Å²) >= 11 is 0. The van der Waals surface area contributed by atoms with Gasteiger partial charge in [0.25, 0.3) is 5.84 Å². The molecule has 0 aromatic heterocycles. The third kappa shape index (κ3) is 2.48. The molecule has 90 valence electrons. The van der Waals surface area contributed by atoms with Gasteiger partial charge in [0.2, 0.25) is 5.91 Å². The van der Waals surface area contributed by atoms with Gasteiger partial charge in [-0.3, -0.25) is 4.79 Å². The second-order valence-corrected chi connectivity index (χ2v) is 3.56. The van der Waals surface area contributed by atoms with E-state index in [9.17, 15) is 9.59 Å². The molecule has 0 atom stereocenters. The summed E-state index contributed by atoms with van der Waals surface area (Å²) < 4.78 is 4.56. The third-order valence-corrected chi connectivity index (χ3v) is 2.44. The van der Waals surface area contributed by atoms with Crippen LogP contribution < -0.4 is 5.32 Å². The van der Waals surface area contributed by atoms with Gasteiger partial charge >= 0.3 is 5.97 Å². The van der Waals surface area contributed by atoms with Crippen LogP contribution in [0, 0.1) is 5.41 Å². The first kappa shape index (κ1) is 12.4. The highest BCUT2D eigenvalue weighted by molar-refractivity contribution is 6.38. The van der Waals surface area contributed by atoms with Gasteiger partial charge in [-0.2, -0.15) is 0 Å². The van der Waals surface area contributed by atoms with Crippen LogP contribution in [0.1, 0.15) is 19.8 Å². The Bertz CT molecular complexity index is 322. The summed E-state index contributed by atoms with van der Waals surface area (Å²) in [6.45, 7) is 1.41. The Balaban J connectivity index is 2.58. The van der Waals surface area contributed by atoms with Crippen LogP contribution in [0.25, 0.3) is 0 Å². The molecule has 0 saturated heterocycles. The number of carbonyl (C=O) groups excluding carboxylic acids is 2. The zero-order valence-corrected chi connectivity index (χ0v) is 8.89. The molecule has 1 aliphatic rings. The number of amides is 1. The maximum absolute atomic E-state index is 11.6. The van der Waals surface area contributed by atoms with Crippen molar-refractivity contribution in [3.8, 4) is 0 Å². The number of oxime groups is 1. The van der Waals surface area contributed by atoms with E-state index in [0.29, 0.717) is 12.8 Å². The average molecular weight is 230 g/mol. The molecule has 3 N–H and O–H groups in total. The maximum Gasteiger partial charge on any atom is 0.377 e. The number of ether oxygens (including phenoxy) is 1. The zero-order chi connectivity index (χ0) is 12.2. The van der Waals surface area contributed by atoms with Crippen molar-refractivity contribution in [2.24, 2.45) is 10.6 Å². The Morgan fingerprint density at radius 3 is 2.50 bits per heavy atom. The van der Waals surface area contributed by atoms with E-state index in [0.717, 1.165) is 0 Å². The standard InChI is InChI=1S/C9H14N2O5/c1-2-16-7(13)6(11-15)10-8(14)9(5-12)3-4-9/h12,15H,2-5H2,1H3,(H,10,11,14). The van der Waals surface area contributed by atoms with Crippen molar-refractivity contribution in [3.63, 3.8) is 0 Å². The molecule has 0 aromatic rings. The first-order chi connectivity index (χ1) is 7.59. The Hall–Kier alpha value is -1.63. The molecular formula is C9H14N2O5. The van der Waals surface area contributed by atoms with E-state index in [4.69, 9.17) is 10.3 Å². The van der Waals surface area contributed by atoms with Crippen molar-refractivity contribution in [2.45, 2.75) is 19.8 Å². The summed E-state index contributed by atoms with van der Waals surface area (Å²) in [6, 6.07) is 0. The quantitative estimate of drug-likeness (QED) is 0.194. The van der Waals surface area contributed by atoms with Gasteiger partial charge in [0.05, 0.1) is 18.6 Å². The van der Waals surface area contributed by atoms with Crippen LogP contribution in [0.15, 0.2) is 5.16 Å². The molecule has 0 aromatic carbocycles. The molecule has 1 amide bonds. The largest absolute Gasteiger partial charge is 0.460 e. The lowest BCUT2D eigenvalue weighted by Crippen LogP contribution is -2.42. The van der Waals surface area contributed by atoms with Gasteiger partial charge in [0.1, 0.15) is 0 Å². The fourth-order valence-corrected chi connectivity index (χ4v) is 1.16. The fraction of sp³-hybridized carbons (Fsp3) is 0.667. The van der Waals surface area contributed by atoms with Crippen molar-refractivity contribution in [3.05, 3.63) is 0 Å². The lowest BCUT2D eigenvalue weighted by Gasteiger charge is -2.11. The SMILES string of the molecule is CCOC(=O)C(=NO)NC(=O)C1(CO)CC1. The van der Waals surface area contributed by atoms with Gasteiger partial charge in [-0.05, 0) is 19.8 Å². The summed E-state index contributed by atoms with van der Waals surface area (Å²) in [5.41, 5.74) is -0.831. The van der Waals surface area contributed by atoms with Gasteiger partial charge in [0.15, 0.2) is 0 Å². The van der Waals surface area contributed by atoms with Gasteiger partial charge in [0, 0.05) is 0 Å². The number of hydrogen-bond acceptors (Lipinski definition) is 6. The lowest BCUT2D eigenvalue weighted by atomic mass is 10.1. The molecule has 0 spiro atoms. The second kappa shape index (κ2) is 4.93. The first-order valence-electron chi connectivity index (χ1n) is 4.91. The number of nitrogens with zero attached hydrogens (tertiary/aromatic N) is 1. The summed E-state index contributed by atoms with van der Waals surface area (Å²) in [4.78, 5) is 22.7. The Kier molecular flexibility index (Phi) is 3.83. The second-order valence-electron chi connectivity index (χ2n) is 3.56. The van der Waals surface area contributed by atoms with E-state index in [1.165, 1.54) is 0 Å². The number of hydrogen-bond donors (Lipinski definition) is 3. The molecule has 0 heterocycles. The number of rotatable bonds is 3.